The van der Waals surface area contributed by atoms with Gasteiger partial charge in [-0.15, -0.1) is 0 Å². The molecule has 1 aromatic rings. The fraction of sp³-hybridized carbons (Fsp3) is 0.429. The summed E-state index contributed by atoms with van der Waals surface area (Å²) in [6, 6.07) is 6.62. The maximum atomic E-state index is 4.06. The number of hydrogen-bond donors (Lipinski definition) is 0. The molecule has 1 rings (SSSR count). The van der Waals surface area contributed by atoms with E-state index in [1.54, 1.807) is 0 Å². The van der Waals surface area contributed by atoms with E-state index in [4.69, 9.17) is 0 Å². The Bertz CT molecular complexity index is 603. The van der Waals surface area contributed by atoms with E-state index < -0.39 is 0 Å². The molecular weight excluding hydrogens is 266 g/mol. The van der Waals surface area contributed by atoms with Crippen LogP contribution in [0.15, 0.2) is 36.9 Å². The second-order valence-corrected chi connectivity index (χ2v) is 7.05. The fourth-order valence-corrected chi connectivity index (χ4v) is 2.15. The normalized spacial score (nSPS) is 11.6. The van der Waals surface area contributed by atoms with Crippen LogP contribution >= 0.6 is 0 Å². The Balaban J connectivity index is 2.60. The monoisotopic (exact) mass is 295 g/mol. The standard InChI is InChI=1S/C21H29N/c1-17(2)20-15-19(12-11-18(20)3)16-22(7)14-10-8-9-13-21(4,5)6/h8,10-12,15H,1,14,16H2,2-7H3. The van der Waals surface area contributed by atoms with Gasteiger partial charge in [0.15, 0.2) is 0 Å². The first-order valence-corrected chi connectivity index (χ1v) is 7.81. The molecule has 0 atom stereocenters. The van der Waals surface area contributed by atoms with Crippen molar-refractivity contribution in [2.75, 3.05) is 13.6 Å². The lowest BCUT2D eigenvalue weighted by Gasteiger charge is -2.16. The van der Waals surface area contributed by atoms with Gasteiger partial charge in [-0.3, -0.25) is 4.90 Å². The fourth-order valence-electron chi connectivity index (χ4n) is 2.15. The van der Waals surface area contributed by atoms with Crippen molar-refractivity contribution in [2.24, 2.45) is 5.41 Å². The van der Waals surface area contributed by atoms with Gasteiger partial charge in [-0.2, -0.15) is 0 Å². The summed E-state index contributed by atoms with van der Waals surface area (Å²) in [5.41, 5.74) is 5.06. The van der Waals surface area contributed by atoms with Gasteiger partial charge in [0.1, 0.15) is 0 Å². The maximum Gasteiger partial charge on any atom is 0.0234 e. The van der Waals surface area contributed by atoms with E-state index in [0.29, 0.717) is 0 Å². The number of benzene rings is 1. The number of allylic oxidation sites excluding steroid dienone is 2. The predicted molar refractivity (Wildman–Crippen MR) is 98.6 cm³/mol. The highest BCUT2D eigenvalue weighted by atomic mass is 15.1. The number of hydrogen-bond acceptors (Lipinski definition) is 1. The highest BCUT2D eigenvalue weighted by Gasteiger charge is 2.04. The van der Waals surface area contributed by atoms with Gasteiger partial charge in [-0.25, -0.2) is 0 Å². The van der Waals surface area contributed by atoms with Gasteiger partial charge in [0.2, 0.25) is 0 Å². The van der Waals surface area contributed by atoms with Gasteiger partial charge in [0.25, 0.3) is 0 Å². The third kappa shape index (κ3) is 6.78. The lowest BCUT2D eigenvalue weighted by molar-refractivity contribution is 0.363. The van der Waals surface area contributed by atoms with Crippen LogP contribution in [0.1, 0.15) is 44.4 Å². The van der Waals surface area contributed by atoms with Crippen LogP contribution in [0.4, 0.5) is 0 Å². The van der Waals surface area contributed by atoms with Crippen LogP contribution in [0.5, 0.6) is 0 Å². The number of rotatable bonds is 5. The quantitative estimate of drug-likeness (QED) is 0.686. The van der Waals surface area contributed by atoms with E-state index >= 15 is 0 Å². The van der Waals surface area contributed by atoms with Crippen molar-refractivity contribution in [2.45, 2.75) is 41.2 Å². The molecule has 0 saturated heterocycles. The van der Waals surface area contributed by atoms with Crippen molar-refractivity contribution >= 4 is 5.57 Å². The molecule has 0 aliphatic carbocycles. The SMILES string of the molecule is C=C(C)c1cc(CN(C)CC=CC#CC(C)(C)C)ccc1C. The van der Waals surface area contributed by atoms with E-state index in [9.17, 15) is 0 Å². The van der Waals surface area contributed by atoms with Gasteiger partial charge in [-0.05, 0) is 70.5 Å². The Morgan fingerprint density at radius 2 is 2.00 bits per heavy atom. The number of nitrogens with zero attached hydrogens (tertiary/aromatic N) is 1. The molecular formula is C21H29N. The Morgan fingerprint density at radius 3 is 2.59 bits per heavy atom. The number of likely N-dealkylation sites (N-methyl/N-ethyl adjacent to an activating group) is 1. The Labute approximate surface area is 136 Å². The second-order valence-electron chi connectivity index (χ2n) is 7.05. The zero-order valence-electron chi connectivity index (χ0n) is 15.0. The molecule has 1 nitrogen and oxygen atoms in total. The molecule has 22 heavy (non-hydrogen) atoms. The summed E-state index contributed by atoms with van der Waals surface area (Å²) < 4.78 is 0. The van der Waals surface area contributed by atoms with E-state index in [2.05, 4.69) is 89.3 Å². The van der Waals surface area contributed by atoms with Gasteiger partial charge in [0, 0.05) is 18.5 Å². The molecule has 0 saturated carbocycles. The minimum absolute atomic E-state index is 0.0666. The van der Waals surface area contributed by atoms with Crippen LogP contribution in [0.3, 0.4) is 0 Å². The van der Waals surface area contributed by atoms with Crippen LogP contribution in [0, 0.1) is 24.2 Å². The minimum atomic E-state index is 0.0666. The summed E-state index contributed by atoms with van der Waals surface area (Å²) in [4.78, 5) is 2.28. The van der Waals surface area contributed by atoms with E-state index in [1.807, 2.05) is 6.08 Å². The van der Waals surface area contributed by atoms with Crippen LogP contribution in [-0.4, -0.2) is 18.5 Å². The van der Waals surface area contributed by atoms with Gasteiger partial charge < -0.3 is 0 Å². The molecule has 0 aliphatic heterocycles. The highest BCUT2D eigenvalue weighted by Crippen LogP contribution is 2.19. The molecule has 0 spiro atoms. The Hall–Kier alpha value is -1.78. The Kier molecular flexibility index (Phi) is 6.65. The van der Waals surface area contributed by atoms with Crippen molar-refractivity contribution < 1.29 is 0 Å². The zero-order chi connectivity index (χ0) is 16.8. The van der Waals surface area contributed by atoms with Gasteiger partial charge in [0.05, 0.1) is 0 Å². The van der Waals surface area contributed by atoms with Crippen molar-refractivity contribution in [1.29, 1.82) is 0 Å². The van der Waals surface area contributed by atoms with E-state index in [0.717, 1.165) is 18.7 Å². The molecule has 1 aromatic carbocycles. The first-order valence-electron chi connectivity index (χ1n) is 7.81. The topological polar surface area (TPSA) is 3.24 Å². The maximum absolute atomic E-state index is 4.06. The van der Waals surface area contributed by atoms with E-state index in [-0.39, 0.29) is 5.41 Å². The molecule has 118 valence electrons. The highest BCUT2D eigenvalue weighted by molar-refractivity contribution is 5.64. The predicted octanol–water partition coefficient (Wildman–Crippen LogP) is 5.07. The van der Waals surface area contributed by atoms with Crippen molar-refractivity contribution in [3.8, 4) is 11.8 Å². The average Bonchev–Trinajstić information content (AvgIpc) is 2.39. The summed E-state index contributed by atoms with van der Waals surface area (Å²) in [5, 5.41) is 0. The van der Waals surface area contributed by atoms with Crippen molar-refractivity contribution in [1.82, 2.24) is 4.90 Å². The van der Waals surface area contributed by atoms with Crippen molar-refractivity contribution in [3.05, 3.63) is 53.6 Å². The average molecular weight is 295 g/mol. The first-order chi connectivity index (χ1) is 10.2. The molecule has 0 radical (unpaired) electrons. The summed E-state index contributed by atoms with van der Waals surface area (Å²) in [6.07, 6.45) is 4.07. The Morgan fingerprint density at radius 1 is 1.32 bits per heavy atom. The smallest absolute Gasteiger partial charge is 0.0234 e. The van der Waals surface area contributed by atoms with Crippen LogP contribution in [0.2, 0.25) is 0 Å². The van der Waals surface area contributed by atoms with Crippen LogP contribution < -0.4 is 0 Å². The second kappa shape index (κ2) is 8.01. The first kappa shape index (κ1) is 18.3. The third-order valence-corrected chi connectivity index (χ3v) is 3.28. The van der Waals surface area contributed by atoms with Crippen LogP contribution in [-0.2, 0) is 6.54 Å². The summed E-state index contributed by atoms with van der Waals surface area (Å²) in [5.74, 6) is 6.31. The van der Waals surface area contributed by atoms with Gasteiger partial charge in [-0.1, -0.05) is 42.2 Å². The molecule has 0 aliphatic rings. The molecule has 0 heterocycles. The van der Waals surface area contributed by atoms with Gasteiger partial charge >= 0.3 is 0 Å². The zero-order valence-corrected chi connectivity index (χ0v) is 15.0. The molecule has 0 unspecified atom stereocenters. The van der Waals surface area contributed by atoms with Crippen LogP contribution in [0.25, 0.3) is 5.57 Å². The largest absolute Gasteiger partial charge is 0.298 e. The van der Waals surface area contributed by atoms with Crippen molar-refractivity contribution in [3.63, 3.8) is 0 Å². The molecule has 0 aromatic heterocycles. The summed E-state index contributed by atoms with van der Waals surface area (Å²) in [7, 11) is 2.13. The van der Waals surface area contributed by atoms with E-state index in [1.165, 1.54) is 16.7 Å². The molecule has 0 amide bonds. The lowest BCUT2D eigenvalue weighted by atomic mass is 9.98. The molecule has 0 fully saturated rings. The lowest BCUT2D eigenvalue weighted by Crippen LogP contribution is -2.17. The minimum Gasteiger partial charge on any atom is -0.298 e. The number of aryl methyl sites for hydroxylation is 1. The molecule has 0 bridgehead atoms. The third-order valence-electron chi connectivity index (χ3n) is 3.28. The molecule has 0 N–H and O–H groups in total. The summed E-state index contributed by atoms with van der Waals surface area (Å²) in [6.45, 7) is 16.4. The summed E-state index contributed by atoms with van der Waals surface area (Å²) >= 11 is 0. The molecule has 1 heteroatoms.